The van der Waals surface area contributed by atoms with Gasteiger partial charge in [-0.2, -0.15) is 10.1 Å². The first-order chi connectivity index (χ1) is 17.6. The van der Waals surface area contributed by atoms with Gasteiger partial charge in [0.2, 0.25) is 0 Å². The number of aryl methyl sites for hydroxylation is 2. The highest BCUT2D eigenvalue weighted by Gasteiger charge is 2.30. The molecule has 1 aliphatic rings. The van der Waals surface area contributed by atoms with Crippen LogP contribution >= 0.6 is 34.8 Å². The minimum absolute atomic E-state index is 0.119. The van der Waals surface area contributed by atoms with E-state index in [1.807, 2.05) is 32.0 Å². The van der Waals surface area contributed by atoms with Gasteiger partial charge >= 0.3 is 0 Å². The number of rotatable bonds is 6. The number of hydrazone groups is 1. The average molecular weight is 560 g/mol. The number of benzene rings is 3. The number of carbonyl (C=O) groups excluding carboxylic acids is 3. The molecule has 0 aromatic heterocycles. The third kappa shape index (κ3) is 6.40. The lowest BCUT2D eigenvalue weighted by Crippen LogP contribution is -2.29. The fourth-order valence-electron chi connectivity index (χ4n) is 3.65. The highest BCUT2D eigenvalue weighted by Crippen LogP contribution is 2.38. The Kier molecular flexibility index (Phi) is 8.02. The number of ether oxygens (including phenoxy) is 1. The molecule has 0 aliphatic carbocycles. The maximum atomic E-state index is 12.8. The van der Waals surface area contributed by atoms with Crippen molar-refractivity contribution in [1.29, 1.82) is 0 Å². The molecule has 0 saturated carbocycles. The Labute approximate surface area is 228 Å². The first-order valence-corrected chi connectivity index (χ1v) is 12.2. The van der Waals surface area contributed by atoms with Gasteiger partial charge in [0.1, 0.15) is 17.3 Å². The lowest BCUT2D eigenvalue weighted by Gasteiger charge is -2.15. The van der Waals surface area contributed by atoms with Crippen molar-refractivity contribution in [3.8, 4) is 5.75 Å². The molecule has 0 fully saturated rings. The second-order valence-corrected chi connectivity index (χ2v) is 9.54. The summed E-state index contributed by atoms with van der Waals surface area (Å²) < 4.78 is 5.60. The number of nitrogens with one attached hydrogen (secondary N) is 2. The maximum Gasteiger partial charge on any atom is 0.262 e. The van der Waals surface area contributed by atoms with Gasteiger partial charge in [-0.25, -0.2) is 0 Å². The smallest absolute Gasteiger partial charge is 0.262 e. The van der Waals surface area contributed by atoms with Crippen LogP contribution in [-0.4, -0.2) is 30.2 Å². The van der Waals surface area contributed by atoms with Gasteiger partial charge in [-0.15, -0.1) is 0 Å². The van der Waals surface area contributed by atoms with Crippen LogP contribution in [0.4, 0.5) is 11.4 Å². The van der Waals surface area contributed by atoms with Gasteiger partial charge in [0, 0.05) is 16.3 Å². The Bertz CT molecular complexity index is 1420. The Morgan fingerprint density at radius 1 is 1.00 bits per heavy atom. The number of hydrogen-bond acceptors (Lipinski definition) is 5. The van der Waals surface area contributed by atoms with Crippen LogP contribution in [-0.2, 0) is 9.59 Å². The van der Waals surface area contributed by atoms with Gasteiger partial charge in [-0.3, -0.25) is 14.4 Å². The van der Waals surface area contributed by atoms with Crippen LogP contribution in [0.3, 0.4) is 0 Å². The Morgan fingerprint density at radius 3 is 2.43 bits per heavy atom. The van der Waals surface area contributed by atoms with Crippen molar-refractivity contribution < 1.29 is 19.1 Å². The number of amidine groups is 1. The number of hydrogen-bond donors (Lipinski definition) is 2. The molecule has 37 heavy (non-hydrogen) atoms. The van der Waals surface area contributed by atoms with Gasteiger partial charge in [0.25, 0.3) is 17.7 Å². The molecule has 0 saturated heterocycles. The number of anilines is 2. The van der Waals surface area contributed by atoms with Gasteiger partial charge in [-0.1, -0.05) is 58.6 Å². The summed E-state index contributed by atoms with van der Waals surface area (Å²) in [5, 5.41) is 11.1. The molecule has 0 spiro atoms. The molecule has 0 bridgehead atoms. The molecule has 11 heteroatoms. The summed E-state index contributed by atoms with van der Waals surface area (Å²) >= 11 is 18.3. The molecular weight excluding hydrogens is 539 g/mol. The molecule has 0 radical (unpaired) electrons. The summed E-state index contributed by atoms with van der Waals surface area (Å²) in [7, 11) is 0. The molecule has 4 rings (SSSR count). The summed E-state index contributed by atoms with van der Waals surface area (Å²) in [4.78, 5) is 37.7. The largest absolute Gasteiger partial charge is 0.483 e. The Morgan fingerprint density at radius 2 is 1.73 bits per heavy atom. The highest BCUT2D eigenvalue weighted by molar-refractivity contribution is 6.42. The minimum Gasteiger partial charge on any atom is -0.483 e. The summed E-state index contributed by atoms with van der Waals surface area (Å²) in [6.45, 7) is 3.69. The van der Waals surface area contributed by atoms with E-state index >= 15 is 0 Å². The zero-order valence-corrected chi connectivity index (χ0v) is 22.0. The quantitative estimate of drug-likeness (QED) is 0.401. The van der Waals surface area contributed by atoms with E-state index in [0.717, 1.165) is 16.1 Å². The van der Waals surface area contributed by atoms with E-state index < -0.39 is 11.8 Å². The number of carbonyl (C=O) groups is 3. The molecule has 8 nitrogen and oxygen atoms in total. The normalized spacial score (nSPS) is 12.8. The summed E-state index contributed by atoms with van der Waals surface area (Å²) in [5.74, 6) is -0.574. The molecule has 2 N–H and O–H groups in total. The first kappa shape index (κ1) is 26.5. The average Bonchev–Trinajstić information content (AvgIpc) is 3.17. The number of halogens is 3. The summed E-state index contributed by atoms with van der Waals surface area (Å²) in [6.07, 6.45) is -0.160. The van der Waals surface area contributed by atoms with Crippen molar-refractivity contribution in [2.75, 3.05) is 16.9 Å². The predicted octanol–water partition coefficient (Wildman–Crippen LogP) is 5.76. The summed E-state index contributed by atoms with van der Waals surface area (Å²) in [6, 6.07) is 14.9. The third-order valence-corrected chi connectivity index (χ3v) is 6.12. The molecule has 3 amide bonds. The topological polar surface area (TPSA) is 100 Å². The second kappa shape index (κ2) is 11.2. The lowest BCUT2D eigenvalue weighted by molar-refractivity contribution is -0.118. The van der Waals surface area contributed by atoms with Crippen LogP contribution in [0.5, 0.6) is 5.75 Å². The van der Waals surface area contributed by atoms with Gasteiger partial charge in [0.15, 0.2) is 6.61 Å². The number of nitrogens with zero attached hydrogens (tertiary/aromatic N) is 2. The van der Waals surface area contributed by atoms with Crippen LogP contribution in [0.1, 0.15) is 27.9 Å². The van der Waals surface area contributed by atoms with E-state index in [1.54, 1.807) is 18.2 Å². The van der Waals surface area contributed by atoms with Crippen LogP contribution in [0.15, 0.2) is 59.7 Å². The van der Waals surface area contributed by atoms with E-state index in [1.165, 1.54) is 18.2 Å². The van der Waals surface area contributed by atoms with Crippen LogP contribution in [0.2, 0.25) is 15.1 Å². The van der Waals surface area contributed by atoms with Gasteiger partial charge in [-0.05, 0) is 55.8 Å². The minimum atomic E-state index is -0.510. The van der Waals surface area contributed by atoms with Crippen molar-refractivity contribution in [3.05, 3.63) is 86.4 Å². The van der Waals surface area contributed by atoms with Crippen molar-refractivity contribution in [2.45, 2.75) is 20.3 Å². The fourth-order valence-corrected chi connectivity index (χ4v) is 4.63. The highest BCUT2D eigenvalue weighted by atomic mass is 35.5. The molecular formula is C26H21Cl3N4O4. The van der Waals surface area contributed by atoms with Crippen LogP contribution < -0.4 is 20.4 Å². The lowest BCUT2D eigenvalue weighted by atomic mass is 10.1. The summed E-state index contributed by atoms with van der Waals surface area (Å²) in [5.41, 5.74) is 2.87. The van der Waals surface area contributed by atoms with E-state index in [2.05, 4.69) is 15.7 Å². The molecule has 0 unspecified atom stereocenters. The molecule has 190 valence electrons. The van der Waals surface area contributed by atoms with Crippen molar-refractivity contribution in [3.63, 3.8) is 0 Å². The maximum absolute atomic E-state index is 12.8. The molecule has 1 heterocycles. The molecule has 0 atom stereocenters. The van der Waals surface area contributed by atoms with E-state index in [4.69, 9.17) is 39.5 Å². The van der Waals surface area contributed by atoms with Gasteiger partial charge in [0.05, 0.1) is 16.5 Å². The van der Waals surface area contributed by atoms with Crippen molar-refractivity contribution >= 4 is 69.7 Å². The van der Waals surface area contributed by atoms with Crippen LogP contribution in [0, 0.1) is 13.8 Å². The SMILES string of the molecule is Cc1ccc(OCC(=O)Nc2cccc(C(=O)NC3=NN(c4c(Cl)cc(Cl)cc4Cl)C(=O)C3)c2)c(C)c1. The molecule has 3 aromatic rings. The first-order valence-electron chi connectivity index (χ1n) is 11.1. The monoisotopic (exact) mass is 558 g/mol. The van der Waals surface area contributed by atoms with E-state index in [0.29, 0.717) is 16.5 Å². The molecule has 3 aromatic carbocycles. The standard InChI is InChI=1S/C26H21Cl3N4O4/c1-14-6-7-21(15(2)8-14)37-13-23(34)30-18-5-3-4-16(9-18)26(36)31-22-12-24(35)33(32-22)25-19(28)10-17(27)11-20(25)29/h3-11H,12-13H2,1-2H3,(H,30,34)(H,31,32,36). The second-order valence-electron chi connectivity index (χ2n) is 8.29. The van der Waals surface area contributed by atoms with Crippen molar-refractivity contribution in [1.82, 2.24) is 5.32 Å². The third-order valence-electron chi connectivity index (χ3n) is 5.32. The Balaban J connectivity index is 1.40. The van der Waals surface area contributed by atoms with Crippen LogP contribution in [0.25, 0.3) is 0 Å². The fraction of sp³-hybridized carbons (Fsp3) is 0.154. The van der Waals surface area contributed by atoms with Gasteiger partial charge < -0.3 is 15.4 Å². The number of amides is 3. The van der Waals surface area contributed by atoms with E-state index in [9.17, 15) is 14.4 Å². The van der Waals surface area contributed by atoms with E-state index in [-0.39, 0.29) is 46.1 Å². The zero-order chi connectivity index (χ0) is 26.7. The molecule has 1 aliphatic heterocycles. The Hall–Kier alpha value is -3.59. The van der Waals surface area contributed by atoms with Crippen molar-refractivity contribution in [2.24, 2.45) is 5.10 Å². The zero-order valence-electron chi connectivity index (χ0n) is 19.8. The predicted molar refractivity (Wildman–Crippen MR) is 145 cm³/mol.